The van der Waals surface area contributed by atoms with Crippen LogP contribution in [0, 0.1) is 5.82 Å². The molecule has 0 radical (unpaired) electrons. The number of anilines is 1. The first-order valence-corrected chi connectivity index (χ1v) is 8.89. The molecule has 0 aliphatic carbocycles. The fourth-order valence-electron chi connectivity index (χ4n) is 2.55. The number of halogens is 5. The minimum absolute atomic E-state index is 0.0224. The van der Waals surface area contributed by atoms with Gasteiger partial charge in [0.15, 0.2) is 0 Å². The summed E-state index contributed by atoms with van der Waals surface area (Å²) in [7, 11) is 0.952. The fraction of sp³-hybridized carbons (Fsp3) is 0.294. The van der Waals surface area contributed by atoms with Crippen LogP contribution in [-0.2, 0) is 4.79 Å². The minimum Gasteiger partial charge on any atom is -0.299 e. The highest BCUT2D eigenvalue weighted by Crippen LogP contribution is 2.41. The summed E-state index contributed by atoms with van der Waals surface area (Å²) in [6, 6.07) is 1.05. The van der Waals surface area contributed by atoms with E-state index in [1.165, 1.54) is 13.0 Å². The van der Waals surface area contributed by atoms with Crippen LogP contribution in [0.5, 0.6) is 0 Å². The summed E-state index contributed by atoms with van der Waals surface area (Å²) in [4.78, 5) is 25.2. The second-order valence-corrected chi connectivity index (χ2v) is 7.24. The number of rotatable bonds is 4. The number of nitrogens with zero attached hydrogens (tertiary/aromatic N) is 2. The van der Waals surface area contributed by atoms with E-state index < -0.39 is 23.7 Å². The molecule has 146 valence electrons. The van der Waals surface area contributed by atoms with Crippen molar-refractivity contribution in [2.75, 3.05) is 17.7 Å². The van der Waals surface area contributed by atoms with Gasteiger partial charge in [-0.2, -0.15) is 13.2 Å². The van der Waals surface area contributed by atoms with Gasteiger partial charge in [0.25, 0.3) is 0 Å². The molecule has 0 saturated heterocycles. The van der Waals surface area contributed by atoms with E-state index in [9.17, 15) is 27.2 Å². The van der Waals surface area contributed by atoms with Crippen LogP contribution in [0.4, 0.5) is 28.0 Å². The van der Waals surface area contributed by atoms with Gasteiger partial charge < -0.3 is 0 Å². The number of carbonyl (C=O) groups is 2. The van der Waals surface area contributed by atoms with E-state index in [0.717, 1.165) is 36.7 Å². The SMILES string of the molecule is C=C1C(C)=C(C(F)(F)F)N(C)C(=O)N1c1cc(SCC(C)=O)c(Cl)cc1F. The zero-order valence-corrected chi connectivity index (χ0v) is 16.2. The maximum Gasteiger partial charge on any atom is 0.431 e. The third-order valence-corrected chi connectivity index (χ3v) is 5.44. The summed E-state index contributed by atoms with van der Waals surface area (Å²) in [5.41, 5.74) is -2.06. The topological polar surface area (TPSA) is 40.6 Å². The van der Waals surface area contributed by atoms with Crippen LogP contribution in [0.25, 0.3) is 0 Å². The molecule has 0 spiro atoms. The smallest absolute Gasteiger partial charge is 0.299 e. The quantitative estimate of drug-likeness (QED) is 0.483. The molecule has 0 saturated carbocycles. The number of amides is 2. The van der Waals surface area contributed by atoms with Crippen molar-refractivity contribution in [3.63, 3.8) is 0 Å². The van der Waals surface area contributed by atoms with Crippen LogP contribution in [0.1, 0.15) is 13.8 Å². The van der Waals surface area contributed by atoms with Gasteiger partial charge >= 0.3 is 12.2 Å². The lowest BCUT2D eigenvalue weighted by atomic mass is 10.1. The molecule has 0 N–H and O–H groups in total. The number of benzene rings is 1. The van der Waals surface area contributed by atoms with Crippen LogP contribution in [0.15, 0.2) is 40.6 Å². The lowest BCUT2D eigenvalue weighted by Crippen LogP contribution is -2.48. The molecule has 10 heteroatoms. The van der Waals surface area contributed by atoms with E-state index in [1.807, 2.05) is 0 Å². The first-order chi connectivity index (χ1) is 12.4. The number of urea groups is 1. The Morgan fingerprint density at radius 3 is 2.44 bits per heavy atom. The largest absolute Gasteiger partial charge is 0.431 e. The Morgan fingerprint density at radius 1 is 1.33 bits per heavy atom. The first kappa shape index (κ1) is 21.3. The van der Waals surface area contributed by atoms with Gasteiger partial charge in [-0.05, 0) is 26.0 Å². The summed E-state index contributed by atoms with van der Waals surface area (Å²) < 4.78 is 54.3. The van der Waals surface area contributed by atoms with E-state index in [-0.39, 0.29) is 33.5 Å². The van der Waals surface area contributed by atoms with Crippen LogP contribution < -0.4 is 4.90 Å². The predicted molar refractivity (Wildman–Crippen MR) is 96.3 cm³/mol. The Bertz CT molecular complexity index is 867. The number of hydrogen-bond acceptors (Lipinski definition) is 3. The lowest BCUT2D eigenvalue weighted by molar-refractivity contribution is -0.114. The molecule has 27 heavy (non-hydrogen) atoms. The maximum absolute atomic E-state index is 14.5. The third kappa shape index (κ3) is 4.14. The molecular weight excluding hydrogens is 408 g/mol. The van der Waals surface area contributed by atoms with Gasteiger partial charge in [0.2, 0.25) is 0 Å². The number of hydrogen-bond donors (Lipinski definition) is 0. The van der Waals surface area contributed by atoms with E-state index in [0.29, 0.717) is 9.80 Å². The molecule has 1 aromatic rings. The molecule has 2 amide bonds. The number of Topliss-reactive ketones (excluding diaryl/α,β-unsaturated/α-hetero) is 1. The van der Waals surface area contributed by atoms with Crippen molar-refractivity contribution < 1.29 is 27.2 Å². The van der Waals surface area contributed by atoms with Gasteiger partial charge in [0.1, 0.15) is 17.3 Å². The van der Waals surface area contributed by atoms with Crippen molar-refractivity contribution in [1.29, 1.82) is 0 Å². The van der Waals surface area contributed by atoms with Crippen molar-refractivity contribution in [2.24, 2.45) is 0 Å². The summed E-state index contributed by atoms with van der Waals surface area (Å²) in [5, 5.41) is 0.0224. The van der Waals surface area contributed by atoms with Gasteiger partial charge in [0.05, 0.1) is 16.5 Å². The van der Waals surface area contributed by atoms with Crippen LogP contribution >= 0.6 is 23.4 Å². The Hall–Kier alpha value is -2.00. The van der Waals surface area contributed by atoms with E-state index in [4.69, 9.17) is 11.6 Å². The molecule has 1 aromatic carbocycles. The van der Waals surface area contributed by atoms with Crippen LogP contribution in [0.2, 0.25) is 5.02 Å². The molecule has 0 unspecified atom stereocenters. The van der Waals surface area contributed by atoms with Gasteiger partial charge in [0, 0.05) is 23.2 Å². The third-order valence-electron chi connectivity index (χ3n) is 3.81. The Kier molecular flexibility index (Phi) is 5.96. The zero-order valence-electron chi connectivity index (χ0n) is 14.6. The molecular formula is C17H15ClF4N2O2S. The highest BCUT2D eigenvalue weighted by atomic mass is 35.5. The average molecular weight is 423 g/mol. The standard InChI is InChI=1S/C17H15ClF4N2O2S/c1-8(25)7-27-14-6-13(12(19)5-11(14)18)24-10(3)9(2)15(17(20,21)22)23(4)16(24)26/h5-6H,3,7H2,1-2,4H3. The lowest BCUT2D eigenvalue weighted by Gasteiger charge is -2.38. The summed E-state index contributed by atoms with van der Waals surface area (Å²) in [6.45, 7) is 6.05. The Morgan fingerprint density at radius 2 is 1.93 bits per heavy atom. The second kappa shape index (κ2) is 7.55. The average Bonchev–Trinajstić information content (AvgIpc) is 2.52. The van der Waals surface area contributed by atoms with Gasteiger partial charge in [-0.15, -0.1) is 11.8 Å². The van der Waals surface area contributed by atoms with Crippen molar-refractivity contribution in [1.82, 2.24) is 4.90 Å². The van der Waals surface area contributed by atoms with Crippen molar-refractivity contribution in [3.8, 4) is 0 Å². The number of thioether (sulfide) groups is 1. The van der Waals surface area contributed by atoms with E-state index in [1.54, 1.807) is 0 Å². The van der Waals surface area contributed by atoms with E-state index in [2.05, 4.69) is 6.58 Å². The predicted octanol–water partition coefficient (Wildman–Crippen LogP) is 5.38. The highest BCUT2D eigenvalue weighted by molar-refractivity contribution is 8.00. The number of alkyl halides is 3. The number of carbonyl (C=O) groups excluding carboxylic acids is 2. The fourth-order valence-corrected chi connectivity index (χ4v) is 3.61. The van der Waals surface area contributed by atoms with Crippen molar-refractivity contribution >= 4 is 40.9 Å². The molecule has 1 heterocycles. The summed E-state index contributed by atoms with van der Waals surface area (Å²) in [5.74, 6) is -0.983. The van der Waals surface area contributed by atoms with E-state index >= 15 is 0 Å². The molecule has 4 nitrogen and oxygen atoms in total. The molecule has 0 aromatic heterocycles. The van der Waals surface area contributed by atoms with Crippen LogP contribution in [-0.4, -0.2) is 35.7 Å². The van der Waals surface area contributed by atoms with Crippen LogP contribution in [0.3, 0.4) is 0 Å². The Balaban J connectivity index is 2.57. The zero-order chi connectivity index (χ0) is 20.7. The number of allylic oxidation sites excluding steroid dienone is 2. The summed E-state index contributed by atoms with van der Waals surface area (Å²) in [6.07, 6.45) is -4.77. The van der Waals surface area contributed by atoms with Crippen molar-refractivity contribution in [3.05, 3.63) is 46.5 Å². The van der Waals surface area contributed by atoms with Crippen molar-refractivity contribution in [2.45, 2.75) is 24.9 Å². The molecule has 1 aliphatic rings. The molecule has 2 rings (SSSR count). The molecule has 0 fully saturated rings. The molecule has 1 aliphatic heterocycles. The monoisotopic (exact) mass is 422 g/mol. The Labute approximate surface area is 162 Å². The van der Waals surface area contributed by atoms with Gasteiger partial charge in [-0.25, -0.2) is 9.18 Å². The second-order valence-electron chi connectivity index (χ2n) is 5.82. The first-order valence-electron chi connectivity index (χ1n) is 7.52. The molecule has 0 bridgehead atoms. The van der Waals surface area contributed by atoms with Gasteiger partial charge in [-0.3, -0.25) is 14.6 Å². The minimum atomic E-state index is -4.77. The number of ketones is 1. The highest BCUT2D eigenvalue weighted by Gasteiger charge is 2.46. The molecule has 0 atom stereocenters. The van der Waals surface area contributed by atoms with Gasteiger partial charge in [-0.1, -0.05) is 18.2 Å². The maximum atomic E-state index is 14.5. The summed E-state index contributed by atoms with van der Waals surface area (Å²) >= 11 is 7.00. The normalized spacial score (nSPS) is 15.7.